The molecule has 2 aromatic rings. The number of hydrogen-bond donors (Lipinski definition) is 1. The molecule has 6 nitrogen and oxygen atoms in total. The van der Waals surface area contributed by atoms with E-state index in [0.717, 1.165) is 24.1 Å². The van der Waals surface area contributed by atoms with E-state index in [9.17, 15) is 14.4 Å². The van der Waals surface area contributed by atoms with Crippen LogP contribution >= 0.6 is 11.3 Å². The number of nitrogens with zero attached hydrogens (tertiary/aromatic N) is 2. The minimum absolute atomic E-state index is 0.0791. The molecule has 1 saturated carbocycles. The first-order valence-corrected chi connectivity index (χ1v) is 13.2. The van der Waals surface area contributed by atoms with Crippen LogP contribution in [0.5, 0.6) is 0 Å². The third-order valence-corrected chi connectivity index (χ3v) is 8.05. The minimum Gasteiger partial charge on any atom is -0.378 e. The standard InChI is InChI=1S/C28H39N3O3S/c1-18-9-8-10-22(19(18)2)29-25(33)17-31-26(16-24(32)28(3,4)5)35-23(27(31)34)15-20-11-13-21(14-12-20)30(6)7/h11-16,18-19,22H,8-10,17H2,1-7H3,(H,29,33)/b23-15-,26-16+/t18-,19+,22-/m1/s1. The van der Waals surface area contributed by atoms with Gasteiger partial charge in [-0.05, 0) is 42.0 Å². The molecule has 0 saturated heterocycles. The minimum atomic E-state index is -0.577. The fraction of sp³-hybridized carbons (Fsp3) is 0.536. The summed E-state index contributed by atoms with van der Waals surface area (Å²) in [6.07, 6.45) is 6.57. The van der Waals surface area contributed by atoms with Gasteiger partial charge in [-0.15, -0.1) is 11.3 Å². The molecule has 1 aromatic carbocycles. The van der Waals surface area contributed by atoms with E-state index in [4.69, 9.17) is 0 Å². The maximum absolute atomic E-state index is 13.4. The van der Waals surface area contributed by atoms with Gasteiger partial charge in [0, 0.05) is 37.3 Å². The number of rotatable bonds is 6. The molecule has 1 amide bonds. The lowest BCUT2D eigenvalue weighted by atomic mass is 9.78. The molecule has 0 bridgehead atoms. The van der Waals surface area contributed by atoms with Crippen LogP contribution in [0, 0.1) is 17.3 Å². The van der Waals surface area contributed by atoms with Gasteiger partial charge < -0.3 is 10.2 Å². The van der Waals surface area contributed by atoms with Gasteiger partial charge in [0.1, 0.15) is 11.2 Å². The summed E-state index contributed by atoms with van der Waals surface area (Å²) in [5.74, 6) is 0.695. The molecule has 1 N–H and O–H groups in total. The fourth-order valence-electron chi connectivity index (χ4n) is 4.32. The van der Waals surface area contributed by atoms with Gasteiger partial charge in [-0.1, -0.05) is 59.6 Å². The van der Waals surface area contributed by atoms with Gasteiger partial charge in [-0.2, -0.15) is 0 Å². The number of carbonyl (C=O) groups is 2. The highest BCUT2D eigenvalue weighted by Crippen LogP contribution is 2.29. The van der Waals surface area contributed by atoms with E-state index in [1.807, 2.05) is 70.1 Å². The molecule has 0 spiro atoms. The second-order valence-electron chi connectivity index (χ2n) is 11.0. The third-order valence-electron chi connectivity index (χ3n) is 6.99. The lowest BCUT2D eigenvalue weighted by molar-refractivity contribution is -0.123. The molecule has 0 aliphatic heterocycles. The Bertz CT molecular complexity index is 1230. The normalized spacial score (nSPS) is 21.7. The van der Waals surface area contributed by atoms with Gasteiger partial charge in [0.15, 0.2) is 5.78 Å². The van der Waals surface area contributed by atoms with Crippen LogP contribution in [-0.2, 0) is 16.1 Å². The molecule has 1 heterocycles. The van der Waals surface area contributed by atoms with Crippen molar-refractivity contribution in [2.45, 2.75) is 66.5 Å². The van der Waals surface area contributed by atoms with Gasteiger partial charge in [-0.3, -0.25) is 19.0 Å². The lowest BCUT2D eigenvalue weighted by Crippen LogP contribution is -2.46. The second-order valence-corrected chi connectivity index (χ2v) is 12.1. The van der Waals surface area contributed by atoms with Gasteiger partial charge in [0.2, 0.25) is 5.91 Å². The van der Waals surface area contributed by atoms with Crippen LogP contribution in [0.2, 0.25) is 0 Å². The molecule has 1 aromatic heterocycles. The summed E-state index contributed by atoms with van der Waals surface area (Å²) in [4.78, 5) is 41.2. The van der Waals surface area contributed by atoms with Crippen LogP contribution < -0.4 is 25.0 Å². The Morgan fingerprint density at radius 3 is 2.40 bits per heavy atom. The zero-order chi connectivity index (χ0) is 25.9. The topological polar surface area (TPSA) is 71.4 Å². The molecule has 1 aliphatic carbocycles. The SMILES string of the molecule is C[C@H]1[C@H](C)CCC[C@H]1NC(=O)Cn1c(=O)/c(=C/c2ccc(N(C)C)cc2)s/c1=C/C(=O)C(C)(C)C. The smallest absolute Gasteiger partial charge is 0.269 e. The molecule has 3 atom stereocenters. The summed E-state index contributed by atoms with van der Waals surface area (Å²) in [6.45, 7) is 9.86. The Balaban J connectivity index is 1.98. The highest BCUT2D eigenvalue weighted by Gasteiger charge is 2.28. The summed E-state index contributed by atoms with van der Waals surface area (Å²) in [6, 6.07) is 8.02. The van der Waals surface area contributed by atoms with E-state index in [2.05, 4.69) is 19.2 Å². The molecular weight excluding hydrogens is 458 g/mol. The van der Waals surface area contributed by atoms with Crippen molar-refractivity contribution in [3.05, 3.63) is 49.4 Å². The van der Waals surface area contributed by atoms with Crippen molar-refractivity contribution in [1.29, 1.82) is 0 Å². The molecular formula is C28H39N3O3S. The lowest BCUT2D eigenvalue weighted by Gasteiger charge is -2.34. The largest absolute Gasteiger partial charge is 0.378 e. The summed E-state index contributed by atoms with van der Waals surface area (Å²) < 4.78 is 2.45. The van der Waals surface area contributed by atoms with Crippen molar-refractivity contribution in [3.63, 3.8) is 0 Å². The predicted octanol–water partition coefficient (Wildman–Crippen LogP) is 3.14. The molecule has 3 rings (SSSR count). The van der Waals surface area contributed by atoms with Gasteiger partial charge in [0.25, 0.3) is 5.56 Å². The number of thiazole rings is 1. The quantitative estimate of drug-likeness (QED) is 0.666. The van der Waals surface area contributed by atoms with E-state index in [1.54, 1.807) is 0 Å². The number of aromatic nitrogens is 1. The zero-order valence-electron chi connectivity index (χ0n) is 22.1. The average molecular weight is 498 g/mol. The zero-order valence-corrected chi connectivity index (χ0v) is 22.9. The number of benzene rings is 1. The van der Waals surface area contributed by atoms with Gasteiger partial charge in [-0.25, -0.2) is 0 Å². The second kappa shape index (κ2) is 10.9. The molecule has 1 aliphatic rings. The van der Waals surface area contributed by atoms with E-state index in [0.29, 0.717) is 21.0 Å². The third kappa shape index (κ3) is 6.72. The van der Waals surface area contributed by atoms with Crippen molar-refractivity contribution < 1.29 is 9.59 Å². The molecule has 7 heteroatoms. The molecule has 0 radical (unpaired) electrons. The van der Waals surface area contributed by atoms with Crippen LogP contribution in [-0.4, -0.2) is 36.4 Å². The number of anilines is 1. The first-order valence-electron chi connectivity index (χ1n) is 12.4. The van der Waals surface area contributed by atoms with Crippen molar-refractivity contribution in [2.24, 2.45) is 17.3 Å². The highest BCUT2D eigenvalue weighted by molar-refractivity contribution is 7.07. The van der Waals surface area contributed by atoms with E-state index in [1.165, 1.54) is 28.4 Å². The monoisotopic (exact) mass is 497 g/mol. The number of Topliss-reactive ketones (excluding diaryl/α,β-unsaturated/α-hetero) is 1. The van der Waals surface area contributed by atoms with Crippen LogP contribution in [0.15, 0.2) is 29.1 Å². The summed E-state index contributed by atoms with van der Waals surface area (Å²) in [5.41, 5.74) is 1.13. The first-order chi connectivity index (χ1) is 16.4. The van der Waals surface area contributed by atoms with E-state index >= 15 is 0 Å². The number of amides is 1. The molecule has 35 heavy (non-hydrogen) atoms. The fourth-order valence-corrected chi connectivity index (χ4v) is 5.36. The number of nitrogens with one attached hydrogen (secondary N) is 1. The highest BCUT2D eigenvalue weighted by atomic mass is 32.1. The Hall–Kier alpha value is -2.67. The summed E-state index contributed by atoms with van der Waals surface area (Å²) in [7, 11) is 3.95. The predicted molar refractivity (Wildman–Crippen MR) is 145 cm³/mol. The van der Waals surface area contributed by atoms with Crippen molar-refractivity contribution in [2.75, 3.05) is 19.0 Å². The Morgan fingerprint density at radius 2 is 1.80 bits per heavy atom. The Morgan fingerprint density at radius 1 is 1.14 bits per heavy atom. The van der Waals surface area contributed by atoms with E-state index < -0.39 is 5.41 Å². The maximum atomic E-state index is 13.4. The van der Waals surface area contributed by atoms with Gasteiger partial charge in [0.05, 0.1) is 4.53 Å². The number of ketones is 1. The molecule has 190 valence electrons. The van der Waals surface area contributed by atoms with Gasteiger partial charge >= 0.3 is 0 Å². The maximum Gasteiger partial charge on any atom is 0.269 e. The Kier molecular flexibility index (Phi) is 8.42. The van der Waals surface area contributed by atoms with Crippen molar-refractivity contribution in [3.8, 4) is 0 Å². The summed E-state index contributed by atoms with van der Waals surface area (Å²) in [5, 5.41) is 3.15. The van der Waals surface area contributed by atoms with Crippen LogP contribution in [0.4, 0.5) is 5.69 Å². The first kappa shape index (κ1) is 26.9. The molecule has 1 fully saturated rings. The number of carbonyl (C=O) groups excluding carboxylic acids is 2. The molecule has 0 unspecified atom stereocenters. The Labute approximate surface area is 212 Å². The van der Waals surface area contributed by atoms with Crippen LogP contribution in [0.3, 0.4) is 0 Å². The average Bonchev–Trinajstić information content (AvgIpc) is 3.05. The van der Waals surface area contributed by atoms with Crippen molar-refractivity contribution in [1.82, 2.24) is 9.88 Å². The van der Waals surface area contributed by atoms with E-state index in [-0.39, 0.29) is 29.8 Å². The summed E-state index contributed by atoms with van der Waals surface area (Å²) >= 11 is 1.25. The van der Waals surface area contributed by atoms with Crippen LogP contribution in [0.25, 0.3) is 12.2 Å². The van der Waals surface area contributed by atoms with Crippen LogP contribution in [0.1, 0.15) is 59.4 Å². The number of hydrogen-bond acceptors (Lipinski definition) is 5. The van der Waals surface area contributed by atoms with Crippen molar-refractivity contribution >= 4 is 40.9 Å².